The van der Waals surface area contributed by atoms with Crippen LogP contribution in [0.2, 0.25) is 0 Å². The van der Waals surface area contributed by atoms with Crippen LogP contribution in [0.1, 0.15) is 16.3 Å². The van der Waals surface area contributed by atoms with Crippen molar-refractivity contribution in [2.45, 2.75) is 24.4 Å². The zero-order valence-electron chi connectivity index (χ0n) is 14.0. The summed E-state index contributed by atoms with van der Waals surface area (Å²) in [6, 6.07) is 9.84. The molecule has 0 radical (unpaired) electrons. The summed E-state index contributed by atoms with van der Waals surface area (Å²) >= 11 is 2.90. The van der Waals surface area contributed by atoms with Gasteiger partial charge < -0.3 is 10.6 Å². The Hall–Kier alpha value is -2.52. The molecule has 26 heavy (non-hydrogen) atoms. The average Bonchev–Trinajstić information content (AvgIpc) is 3.25. The van der Waals surface area contributed by atoms with Crippen LogP contribution in [0.15, 0.2) is 34.7 Å². The predicted molar refractivity (Wildman–Crippen MR) is 102 cm³/mol. The molecule has 0 aliphatic carbocycles. The number of nitrogens with zero attached hydrogens (tertiary/aromatic N) is 5. The lowest BCUT2D eigenvalue weighted by Crippen LogP contribution is -2.27. The smallest absolute Gasteiger partial charge is 0.233 e. The quantitative estimate of drug-likeness (QED) is 0.690. The first-order chi connectivity index (χ1) is 12.6. The maximum absolute atomic E-state index is 12.6. The van der Waals surface area contributed by atoms with Crippen molar-refractivity contribution in [3.63, 3.8) is 0 Å². The van der Waals surface area contributed by atoms with Gasteiger partial charge in [-0.05, 0) is 6.92 Å². The summed E-state index contributed by atoms with van der Waals surface area (Å²) in [7, 11) is 0. The minimum absolute atomic E-state index is 0.0402. The van der Waals surface area contributed by atoms with Crippen molar-refractivity contribution in [3.05, 3.63) is 46.6 Å². The standard InChI is InChI=1S/C17H16N6OS2/c1-10-21-22-17(26-10)25-9-14(24)23-7-12-13(8-23)19-16(18)20-15(12)11-5-3-2-4-6-11/h2-6H,7-9H2,1H3,(H2,18,19,20). The molecule has 9 heteroatoms. The molecular weight excluding hydrogens is 368 g/mol. The van der Waals surface area contributed by atoms with E-state index in [4.69, 9.17) is 5.73 Å². The molecule has 1 aromatic carbocycles. The number of carbonyl (C=O) groups excluding carboxylic acids is 1. The molecule has 0 bridgehead atoms. The third-order valence-electron chi connectivity index (χ3n) is 4.03. The van der Waals surface area contributed by atoms with Crippen molar-refractivity contribution < 1.29 is 4.79 Å². The summed E-state index contributed by atoms with van der Waals surface area (Å²) in [5.41, 5.74) is 9.45. The highest BCUT2D eigenvalue weighted by molar-refractivity contribution is 8.01. The third kappa shape index (κ3) is 3.40. The summed E-state index contributed by atoms with van der Waals surface area (Å²) in [5, 5.41) is 8.91. The average molecular weight is 384 g/mol. The maximum Gasteiger partial charge on any atom is 0.233 e. The molecule has 1 aliphatic heterocycles. The molecule has 0 unspecified atom stereocenters. The number of aryl methyl sites for hydroxylation is 1. The molecule has 0 fully saturated rings. The van der Waals surface area contributed by atoms with Gasteiger partial charge in [0, 0.05) is 11.1 Å². The zero-order valence-corrected chi connectivity index (χ0v) is 15.7. The minimum atomic E-state index is 0.0402. The van der Waals surface area contributed by atoms with Gasteiger partial charge in [-0.1, -0.05) is 53.4 Å². The van der Waals surface area contributed by atoms with Crippen molar-refractivity contribution in [2.24, 2.45) is 0 Å². The largest absolute Gasteiger partial charge is 0.368 e. The fourth-order valence-electron chi connectivity index (χ4n) is 2.84. The lowest BCUT2D eigenvalue weighted by Gasteiger charge is -2.14. The van der Waals surface area contributed by atoms with Gasteiger partial charge in [0.1, 0.15) is 5.01 Å². The van der Waals surface area contributed by atoms with Crippen LogP contribution in [0.4, 0.5) is 5.95 Å². The number of benzene rings is 1. The zero-order chi connectivity index (χ0) is 18.1. The lowest BCUT2D eigenvalue weighted by atomic mass is 10.1. The van der Waals surface area contributed by atoms with Gasteiger partial charge in [-0.25, -0.2) is 9.97 Å². The molecule has 0 saturated heterocycles. The molecule has 3 aromatic rings. The third-order valence-corrected chi connectivity index (χ3v) is 5.98. The monoisotopic (exact) mass is 384 g/mol. The summed E-state index contributed by atoms with van der Waals surface area (Å²) in [6.45, 7) is 2.85. The fraction of sp³-hybridized carbons (Fsp3) is 0.235. The Morgan fingerprint density at radius 3 is 2.77 bits per heavy atom. The summed E-state index contributed by atoms with van der Waals surface area (Å²) in [6.07, 6.45) is 0. The van der Waals surface area contributed by atoms with Crippen LogP contribution >= 0.6 is 23.1 Å². The number of carbonyl (C=O) groups is 1. The van der Waals surface area contributed by atoms with E-state index in [9.17, 15) is 4.79 Å². The van der Waals surface area contributed by atoms with E-state index in [1.165, 1.54) is 23.1 Å². The number of nitrogens with two attached hydrogens (primary N) is 1. The molecule has 3 heterocycles. The SMILES string of the molecule is Cc1nnc(SCC(=O)N2Cc3nc(N)nc(-c4ccccc4)c3C2)s1. The van der Waals surface area contributed by atoms with E-state index in [-0.39, 0.29) is 11.9 Å². The van der Waals surface area contributed by atoms with Crippen LogP contribution < -0.4 is 5.73 Å². The van der Waals surface area contributed by atoms with E-state index in [0.717, 1.165) is 31.9 Å². The number of aromatic nitrogens is 4. The van der Waals surface area contributed by atoms with Gasteiger partial charge in [0.2, 0.25) is 11.9 Å². The molecule has 2 aromatic heterocycles. The number of hydrogen-bond acceptors (Lipinski definition) is 8. The Morgan fingerprint density at radius 1 is 1.23 bits per heavy atom. The van der Waals surface area contributed by atoms with E-state index in [1.807, 2.05) is 37.3 Å². The second kappa shape index (κ2) is 7.00. The first-order valence-corrected chi connectivity index (χ1v) is 9.81. The highest BCUT2D eigenvalue weighted by Gasteiger charge is 2.28. The Bertz CT molecular complexity index is 959. The molecule has 1 amide bonds. The minimum Gasteiger partial charge on any atom is -0.368 e. The fourth-order valence-corrected chi connectivity index (χ4v) is 4.55. The van der Waals surface area contributed by atoms with E-state index >= 15 is 0 Å². The van der Waals surface area contributed by atoms with Crippen LogP contribution in [0, 0.1) is 6.92 Å². The normalized spacial score (nSPS) is 13.0. The van der Waals surface area contributed by atoms with Crippen LogP contribution in [0.25, 0.3) is 11.3 Å². The lowest BCUT2D eigenvalue weighted by molar-refractivity contribution is -0.128. The van der Waals surface area contributed by atoms with E-state index in [2.05, 4.69) is 20.2 Å². The Morgan fingerprint density at radius 2 is 2.04 bits per heavy atom. The van der Waals surface area contributed by atoms with E-state index in [1.54, 1.807) is 4.90 Å². The number of rotatable bonds is 4. The molecule has 7 nitrogen and oxygen atoms in total. The first kappa shape index (κ1) is 16.9. The van der Waals surface area contributed by atoms with Crippen LogP contribution in [0.5, 0.6) is 0 Å². The molecule has 1 aliphatic rings. The van der Waals surface area contributed by atoms with Crippen molar-refractivity contribution in [1.82, 2.24) is 25.1 Å². The van der Waals surface area contributed by atoms with Gasteiger partial charge in [0.15, 0.2) is 4.34 Å². The van der Waals surface area contributed by atoms with Crippen LogP contribution in [-0.4, -0.2) is 36.7 Å². The molecule has 2 N–H and O–H groups in total. The first-order valence-electron chi connectivity index (χ1n) is 8.01. The van der Waals surface area contributed by atoms with Gasteiger partial charge in [-0.2, -0.15) is 0 Å². The number of fused-ring (bicyclic) bond motifs is 1. The van der Waals surface area contributed by atoms with E-state index < -0.39 is 0 Å². The van der Waals surface area contributed by atoms with Gasteiger partial charge in [0.25, 0.3) is 0 Å². The highest BCUT2D eigenvalue weighted by atomic mass is 32.2. The number of thioether (sulfide) groups is 1. The molecular formula is C17H16N6OS2. The molecule has 0 spiro atoms. The second-order valence-electron chi connectivity index (χ2n) is 5.85. The number of hydrogen-bond donors (Lipinski definition) is 1. The summed E-state index contributed by atoms with van der Waals surface area (Å²) < 4.78 is 0.807. The molecule has 0 saturated carbocycles. The van der Waals surface area contributed by atoms with Crippen molar-refractivity contribution in [1.29, 1.82) is 0 Å². The van der Waals surface area contributed by atoms with Crippen molar-refractivity contribution >= 4 is 35.0 Å². The summed E-state index contributed by atoms with van der Waals surface area (Å²) in [5.74, 6) is 0.598. The van der Waals surface area contributed by atoms with Crippen LogP contribution in [0.3, 0.4) is 0 Å². The number of amides is 1. The Kier molecular flexibility index (Phi) is 4.56. The molecule has 132 valence electrons. The predicted octanol–water partition coefficient (Wildman–Crippen LogP) is 2.52. The number of anilines is 1. The number of nitrogen functional groups attached to an aromatic ring is 1. The molecule has 0 atom stereocenters. The van der Waals surface area contributed by atoms with Crippen molar-refractivity contribution in [3.8, 4) is 11.3 Å². The Balaban J connectivity index is 1.52. The van der Waals surface area contributed by atoms with Gasteiger partial charge in [0.05, 0.1) is 30.2 Å². The highest BCUT2D eigenvalue weighted by Crippen LogP contribution is 2.31. The maximum atomic E-state index is 12.6. The van der Waals surface area contributed by atoms with Gasteiger partial charge >= 0.3 is 0 Å². The van der Waals surface area contributed by atoms with Crippen LogP contribution in [-0.2, 0) is 17.9 Å². The Labute approximate surface area is 158 Å². The van der Waals surface area contributed by atoms with E-state index in [0.29, 0.717) is 18.8 Å². The van der Waals surface area contributed by atoms with Gasteiger partial charge in [-0.15, -0.1) is 10.2 Å². The second-order valence-corrected chi connectivity index (χ2v) is 8.25. The topological polar surface area (TPSA) is 97.9 Å². The van der Waals surface area contributed by atoms with Gasteiger partial charge in [-0.3, -0.25) is 4.79 Å². The molecule has 4 rings (SSSR count). The summed E-state index contributed by atoms with van der Waals surface area (Å²) in [4.78, 5) is 23.1. The van der Waals surface area contributed by atoms with Crippen molar-refractivity contribution in [2.75, 3.05) is 11.5 Å².